The molecule has 1 rings (SSSR count). The SMILES string of the molecule is [O]CC(=O)NC(CC1CCCCC1)C(=O)O. The molecule has 5 heteroatoms. The van der Waals surface area contributed by atoms with E-state index in [1.165, 1.54) is 6.42 Å². The second-order valence-corrected chi connectivity index (χ2v) is 4.34. The first-order valence-electron chi connectivity index (χ1n) is 5.73. The fourth-order valence-electron chi connectivity index (χ4n) is 2.21. The van der Waals surface area contributed by atoms with Crippen LogP contribution in [0.2, 0.25) is 0 Å². The van der Waals surface area contributed by atoms with Crippen molar-refractivity contribution < 1.29 is 19.8 Å². The van der Waals surface area contributed by atoms with Gasteiger partial charge in [0.05, 0.1) is 0 Å². The largest absolute Gasteiger partial charge is 0.480 e. The molecule has 0 spiro atoms. The highest BCUT2D eigenvalue weighted by Crippen LogP contribution is 2.27. The number of carbonyl (C=O) groups excluding carboxylic acids is 1. The van der Waals surface area contributed by atoms with E-state index >= 15 is 0 Å². The number of nitrogens with one attached hydrogen (secondary N) is 1. The molecular weight excluding hydrogens is 210 g/mol. The van der Waals surface area contributed by atoms with Crippen molar-refractivity contribution in [1.29, 1.82) is 0 Å². The summed E-state index contributed by atoms with van der Waals surface area (Å²) in [4.78, 5) is 21.8. The van der Waals surface area contributed by atoms with E-state index in [0.717, 1.165) is 25.7 Å². The molecule has 0 heterocycles. The van der Waals surface area contributed by atoms with Crippen molar-refractivity contribution in [2.24, 2.45) is 5.92 Å². The topological polar surface area (TPSA) is 86.3 Å². The van der Waals surface area contributed by atoms with Crippen molar-refractivity contribution in [3.8, 4) is 0 Å². The van der Waals surface area contributed by atoms with Crippen LogP contribution in [0.3, 0.4) is 0 Å². The molecule has 5 nitrogen and oxygen atoms in total. The van der Waals surface area contributed by atoms with Crippen molar-refractivity contribution in [1.82, 2.24) is 5.32 Å². The van der Waals surface area contributed by atoms with Gasteiger partial charge in [0.2, 0.25) is 5.91 Å². The van der Waals surface area contributed by atoms with Gasteiger partial charge in [-0.15, -0.1) is 0 Å². The Morgan fingerprint density at radius 3 is 2.38 bits per heavy atom. The second-order valence-electron chi connectivity index (χ2n) is 4.34. The highest BCUT2D eigenvalue weighted by molar-refractivity contribution is 5.83. The van der Waals surface area contributed by atoms with Gasteiger partial charge in [-0.2, -0.15) is 0 Å². The fourth-order valence-corrected chi connectivity index (χ4v) is 2.21. The van der Waals surface area contributed by atoms with Gasteiger partial charge in [-0.05, 0) is 12.3 Å². The summed E-state index contributed by atoms with van der Waals surface area (Å²) in [5.41, 5.74) is 0. The van der Waals surface area contributed by atoms with Crippen LogP contribution in [-0.2, 0) is 14.7 Å². The van der Waals surface area contributed by atoms with Gasteiger partial charge in [-0.1, -0.05) is 32.1 Å². The summed E-state index contributed by atoms with van der Waals surface area (Å²) < 4.78 is 0. The monoisotopic (exact) mass is 228 g/mol. The molecule has 0 saturated heterocycles. The smallest absolute Gasteiger partial charge is 0.326 e. The van der Waals surface area contributed by atoms with Crippen LogP contribution >= 0.6 is 0 Å². The summed E-state index contributed by atoms with van der Waals surface area (Å²) in [6.45, 7) is -0.908. The molecule has 1 aliphatic carbocycles. The molecular formula is C11H18NO4. The van der Waals surface area contributed by atoms with Crippen LogP contribution in [0.4, 0.5) is 0 Å². The van der Waals surface area contributed by atoms with E-state index in [1.807, 2.05) is 0 Å². The summed E-state index contributed by atoms with van der Waals surface area (Å²) in [6, 6.07) is -0.899. The molecule has 1 unspecified atom stereocenters. The van der Waals surface area contributed by atoms with E-state index < -0.39 is 24.5 Å². The minimum atomic E-state index is -1.05. The highest BCUT2D eigenvalue weighted by atomic mass is 16.4. The molecule has 1 atom stereocenters. The Kier molecular flexibility index (Phi) is 5.25. The maximum Gasteiger partial charge on any atom is 0.326 e. The lowest BCUT2D eigenvalue weighted by Gasteiger charge is -2.24. The van der Waals surface area contributed by atoms with Gasteiger partial charge in [0.25, 0.3) is 0 Å². The third-order valence-electron chi connectivity index (χ3n) is 3.06. The number of aliphatic carboxylic acids is 1. The Morgan fingerprint density at radius 2 is 1.88 bits per heavy atom. The summed E-state index contributed by atoms with van der Waals surface area (Å²) in [5, 5.41) is 21.5. The van der Waals surface area contributed by atoms with Gasteiger partial charge in [0.1, 0.15) is 6.04 Å². The quantitative estimate of drug-likeness (QED) is 0.734. The first kappa shape index (κ1) is 13.0. The number of hydrogen-bond donors (Lipinski definition) is 2. The average molecular weight is 228 g/mol. The molecule has 91 valence electrons. The van der Waals surface area contributed by atoms with Crippen LogP contribution in [0.25, 0.3) is 0 Å². The van der Waals surface area contributed by atoms with Gasteiger partial charge < -0.3 is 10.4 Å². The molecule has 1 saturated carbocycles. The summed E-state index contributed by atoms with van der Waals surface area (Å²) >= 11 is 0. The van der Waals surface area contributed by atoms with E-state index in [1.54, 1.807) is 0 Å². The lowest BCUT2D eigenvalue weighted by molar-refractivity contribution is -0.143. The molecule has 0 aromatic rings. The van der Waals surface area contributed by atoms with E-state index in [9.17, 15) is 14.7 Å². The van der Waals surface area contributed by atoms with Crippen molar-refractivity contribution in [3.63, 3.8) is 0 Å². The van der Waals surface area contributed by atoms with E-state index in [0.29, 0.717) is 12.3 Å². The van der Waals surface area contributed by atoms with Crippen LogP contribution in [-0.4, -0.2) is 29.6 Å². The summed E-state index contributed by atoms with van der Waals surface area (Å²) in [7, 11) is 0. The van der Waals surface area contributed by atoms with Crippen molar-refractivity contribution >= 4 is 11.9 Å². The number of carbonyl (C=O) groups is 2. The molecule has 1 fully saturated rings. The second kappa shape index (κ2) is 6.48. The van der Waals surface area contributed by atoms with Gasteiger partial charge in [0.15, 0.2) is 6.61 Å². The van der Waals surface area contributed by atoms with E-state index in [-0.39, 0.29) is 0 Å². The maximum absolute atomic E-state index is 10.9. The lowest BCUT2D eigenvalue weighted by Crippen LogP contribution is -2.43. The van der Waals surface area contributed by atoms with Crippen molar-refractivity contribution in [2.45, 2.75) is 44.6 Å². The molecule has 16 heavy (non-hydrogen) atoms. The van der Waals surface area contributed by atoms with Gasteiger partial charge >= 0.3 is 5.97 Å². The normalized spacial score (nSPS) is 19.1. The minimum Gasteiger partial charge on any atom is -0.480 e. The van der Waals surface area contributed by atoms with Crippen LogP contribution in [0.1, 0.15) is 38.5 Å². The van der Waals surface area contributed by atoms with Crippen molar-refractivity contribution in [3.05, 3.63) is 0 Å². The number of amides is 1. The van der Waals surface area contributed by atoms with E-state index in [2.05, 4.69) is 5.32 Å². The van der Waals surface area contributed by atoms with Gasteiger partial charge in [0, 0.05) is 0 Å². The van der Waals surface area contributed by atoms with Crippen LogP contribution in [0.5, 0.6) is 0 Å². The number of rotatable bonds is 5. The minimum absolute atomic E-state index is 0.363. The first-order chi connectivity index (χ1) is 7.63. The fraction of sp³-hybridized carbons (Fsp3) is 0.818. The lowest BCUT2D eigenvalue weighted by atomic mass is 9.85. The average Bonchev–Trinajstić information content (AvgIpc) is 2.29. The molecule has 0 aromatic carbocycles. The highest BCUT2D eigenvalue weighted by Gasteiger charge is 2.25. The van der Waals surface area contributed by atoms with Crippen LogP contribution in [0, 0.1) is 5.92 Å². The number of hydrogen-bond acceptors (Lipinski definition) is 2. The standard InChI is InChI=1S/C11H18NO4/c13-7-10(14)12-9(11(15)16)6-8-4-2-1-3-5-8/h8-9H,1-7H2,(H,12,14)(H,15,16). The maximum atomic E-state index is 10.9. The molecule has 1 amide bonds. The predicted octanol–water partition coefficient (Wildman–Crippen LogP) is 0.957. The molecule has 0 aliphatic heterocycles. The third kappa shape index (κ3) is 4.18. The Balaban J connectivity index is 2.43. The number of carboxylic acids is 1. The molecule has 2 N–H and O–H groups in total. The third-order valence-corrected chi connectivity index (χ3v) is 3.06. The molecule has 0 bridgehead atoms. The van der Waals surface area contributed by atoms with Crippen molar-refractivity contribution in [2.75, 3.05) is 6.61 Å². The Labute approximate surface area is 94.8 Å². The number of carboxylic acid groups (broad SMARTS) is 1. The summed E-state index contributed by atoms with van der Waals surface area (Å²) in [5.74, 6) is -1.42. The molecule has 0 aromatic heterocycles. The first-order valence-corrected chi connectivity index (χ1v) is 5.73. The zero-order chi connectivity index (χ0) is 12.0. The van der Waals surface area contributed by atoms with Gasteiger partial charge in [-0.3, -0.25) is 4.79 Å². The Bertz CT molecular complexity index is 248. The summed E-state index contributed by atoms with van der Waals surface area (Å²) in [6.07, 6.45) is 5.97. The molecule has 1 radical (unpaired) electrons. The predicted molar refractivity (Wildman–Crippen MR) is 56.3 cm³/mol. The van der Waals surface area contributed by atoms with Crippen LogP contribution in [0.15, 0.2) is 0 Å². The van der Waals surface area contributed by atoms with Gasteiger partial charge in [-0.25, -0.2) is 9.90 Å². The molecule has 1 aliphatic rings. The Morgan fingerprint density at radius 1 is 1.25 bits per heavy atom. The Hall–Kier alpha value is -1.10. The zero-order valence-electron chi connectivity index (χ0n) is 9.28. The van der Waals surface area contributed by atoms with E-state index in [4.69, 9.17) is 5.11 Å². The zero-order valence-corrected chi connectivity index (χ0v) is 9.28. The van der Waals surface area contributed by atoms with Crippen LogP contribution < -0.4 is 5.32 Å².